The molecule has 120 valence electrons. The lowest BCUT2D eigenvalue weighted by Crippen LogP contribution is -2.14. The van der Waals surface area contributed by atoms with E-state index in [2.05, 4.69) is 5.10 Å². The Labute approximate surface area is 123 Å². The van der Waals surface area contributed by atoms with E-state index in [0.717, 1.165) is 19.2 Å². The lowest BCUT2D eigenvalue weighted by atomic mass is 10.2. The van der Waals surface area contributed by atoms with Crippen molar-refractivity contribution in [3.63, 3.8) is 0 Å². The lowest BCUT2D eigenvalue weighted by Gasteiger charge is -2.06. The molecule has 22 heavy (non-hydrogen) atoms. The number of benzene rings is 1. The first-order valence-corrected chi connectivity index (χ1v) is 7.39. The number of nitrogens with zero attached hydrogens (tertiary/aromatic N) is 2. The van der Waals surface area contributed by atoms with Gasteiger partial charge in [0, 0.05) is 13.1 Å². The van der Waals surface area contributed by atoms with Gasteiger partial charge in [-0.2, -0.15) is 18.3 Å². The van der Waals surface area contributed by atoms with Gasteiger partial charge < -0.3 is 0 Å². The molecule has 2 aromatic rings. The summed E-state index contributed by atoms with van der Waals surface area (Å²) in [4.78, 5) is -0.408. The monoisotopic (exact) mass is 337 g/mol. The number of alkyl halides is 3. The molecule has 0 aliphatic heterocycles. The minimum atomic E-state index is -4.67. The van der Waals surface area contributed by atoms with Crippen molar-refractivity contribution in [3.05, 3.63) is 41.3 Å². The average molecular weight is 337 g/mol. The summed E-state index contributed by atoms with van der Waals surface area (Å²) < 4.78 is 77.7. The first kappa shape index (κ1) is 16.3. The number of sulfonamides is 1. The maximum atomic E-state index is 13.4. The van der Waals surface area contributed by atoms with Crippen molar-refractivity contribution >= 4 is 15.8 Å². The van der Waals surface area contributed by atoms with Crippen LogP contribution in [-0.4, -0.2) is 18.2 Å². The van der Waals surface area contributed by atoms with E-state index in [4.69, 9.17) is 0 Å². The molecular weight excluding hydrogens is 326 g/mol. The summed E-state index contributed by atoms with van der Waals surface area (Å²) in [5.74, 6) is -1.24. The Morgan fingerprint density at radius 3 is 2.36 bits per heavy atom. The Balaban J connectivity index is 2.35. The van der Waals surface area contributed by atoms with Crippen molar-refractivity contribution in [2.75, 3.05) is 4.72 Å². The average Bonchev–Trinajstić information content (AvgIpc) is 2.72. The van der Waals surface area contributed by atoms with E-state index in [1.807, 2.05) is 4.72 Å². The molecule has 0 aliphatic rings. The molecule has 0 saturated heterocycles. The van der Waals surface area contributed by atoms with Gasteiger partial charge in [-0.1, -0.05) is 6.07 Å². The number of rotatable bonds is 3. The second-order valence-corrected chi connectivity index (χ2v) is 6.24. The van der Waals surface area contributed by atoms with E-state index in [1.54, 1.807) is 0 Å². The van der Waals surface area contributed by atoms with Gasteiger partial charge >= 0.3 is 6.18 Å². The maximum Gasteiger partial charge on any atom is 0.433 e. The van der Waals surface area contributed by atoms with Crippen LogP contribution in [0.3, 0.4) is 0 Å². The van der Waals surface area contributed by atoms with Crippen molar-refractivity contribution in [3.8, 4) is 0 Å². The highest BCUT2D eigenvalue weighted by Crippen LogP contribution is 2.30. The molecule has 1 heterocycles. The van der Waals surface area contributed by atoms with E-state index in [9.17, 15) is 26.0 Å². The van der Waals surface area contributed by atoms with Gasteiger partial charge in [0.2, 0.25) is 0 Å². The van der Waals surface area contributed by atoms with E-state index in [0.29, 0.717) is 10.7 Å². The zero-order chi connectivity index (χ0) is 16.7. The summed E-state index contributed by atoms with van der Waals surface area (Å²) in [5.41, 5.74) is -0.864. The largest absolute Gasteiger partial charge is 0.433 e. The van der Waals surface area contributed by atoms with Crippen molar-refractivity contribution in [2.24, 2.45) is 7.05 Å². The fourth-order valence-corrected chi connectivity index (χ4v) is 2.72. The van der Waals surface area contributed by atoms with Crippen LogP contribution >= 0.6 is 0 Å². The van der Waals surface area contributed by atoms with Crippen molar-refractivity contribution in [1.82, 2.24) is 9.78 Å². The quantitative estimate of drug-likeness (QED) is 0.876. The smallest absolute Gasteiger partial charge is 0.262 e. The van der Waals surface area contributed by atoms with Gasteiger partial charge in [-0.15, -0.1) is 0 Å². The Morgan fingerprint density at radius 2 is 1.86 bits per heavy atom. The van der Waals surface area contributed by atoms with Crippen LogP contribution in [-0.2, 0) is 23.2 Å². The highest BCUT2D eigenvalue weighted by Gasteiger charge is 2.35. The molecule has 1 N–H and O–H groups in total. The zero-order valence-corrected chi connectivity index (χ0v) is 12.3. The third-order valence-corrected chi connectivity index (χ3v) is 4.22. The molecule has 1 aromatic heterocycles. The third-order valence-electron chi connectivity index (χ3n) is 2.86. The van der Waals surface area contributed by atoms with Gasteiger partial charge in [0.05, 0.1) is 4.90 Å². The Morgan fingerprint density at radius 1 is 1.23 bits per heavy atom. The summed E-state index contributed by atoms with van der Waals surface area (Å²) >= 11 is 0. The van der Waals surface area contributed by atoms with Gasteiger partial charge in [-0.25, -0.2) is 12.8 Å². The zero-order valence-electron chi connectivity index (χ0n) is 11.4. The van der Waals surface area contributed by atoms with Crippen LogP contribution in [0.4, 0.5) is 23.4 Å². The molecule has 0 amide bonds. The summed E-state index contributed by atoms with van der Waals surface area (Å²) in [5, 5.41) is 3.44. The Hall–Kier alpha value is -2.10. The highest BCUT2D eigenvalue weighted by molar-refractivity contribution is 7.92. The summed E-state index contributed by atoms with van der Waals surface area (Å²) in [6, 6.07) is 3.74. The van der Waals surface area contributed by atoms with E-state index >= 15 is 0 Å². The molecule has 0 unspecified atom stereocenters. The summed E-state index contributed by atoms with van der Waals surface area (Å²) in [7, 11) is -3.20. The first-order chi connectivity index (χ1) is 10.0. The fourth-order valence-electron chi connectivity index (χ4n) is 1.72. The number of aromatic nitrogens is 2. The molecule has 0 fully saturated rings. The molecule has 10 heteroatoms. The SMILES string of the molecule is Cc1ccc(S(=O)(=O)Nc2cc(C(F)(F)F)n(C)n2)cc1F. The molecule has 0 spiro atoms. The standard InChI is InChI=1S/C12H11F4N3O2S/c1-7-3-4-8(5-9(7)13)22(20,21)18-11-6-10(12(14,15)16)19(2)17-11/h3-6H,1-2H3,(H,17,18). The van der Waals surface area contributed by atoms with Crippen LogP contribution in [0.15, 0.2) is 29.2 Å². The molecule has 0 saturated carbocycles. The topological polar surface area (TPSA) is 64.0 Å². The molecule has 5 nitrogen and oxygen atoms in total. The number of halogens is 4. The van der Waals surface area contributed by atoms with Crippen molar-refractivity contribution < 1.29 is 26.0 Å². The van der Waals surface area contributed by atoms with Crippen LogP contribution < -0.4 is 4.72 Å². The summed E-state index contributed by atoms with van der Waals surface area (Å²) in [6.07, 6.45) is -4.67. The van der Waals surface area contributed by atoms with Crippen LogP contribution in [0.2, 0.25) is 0 Å². The number of nitrogens with one attached hydrogen (secondary N) is 1. The molecule has 0 bridgehead atoms. The Bertz CT molecular complexity index is 812. The lowest BCUT2D eigenvalue weighted by molar-refractivity contribution is -0.143. The molecule has 2 rings (SSSR count). The summed E-state index contributed by atoms with van der Waals surface area (Å²) in [6.45, 7) is 1.45. The molecule has 0 atom stereocenters. The molecule has 1 aromatic carbocycles. The number of hydrogen-bond donors (Lipinski definition) is 1. The second-order valence-electron chi connectivity index (χ2n) is 4.55. The third kappa shape index (κ3) is 3.21. The molecular formula is C12H11F4N3O2S. The minimum Gasteiger partial charge on any atom is -0.262 e. The predicted octanol–water partition coefficient (Wildman–Crippen LogP) is 2.69. The van der Waals surface area contributed by atoms with E-state index < -0.39 is 38.4 Å². The van der Waals surface area contributed by atoms with Gasteiger partial charge in [-0.05, 0) is 24.6 Å². The first-order valence-electron chi connectivity index (χ1n) is 5.91. The maximum absolute atomic E-state index is 13.4. The molecule has 0 aliphatic carbocycles. The highest BCUT2D eigenvalue weighted by atomic mass is 32.2. The van der Waals surface area contributed by atoms with Gasteiger partial charge in [0.1, 0.15) is 11.5 Å². The van der Waals surface area contributed by atoms with E-state index in [1.165, 1.54) is 13.0 Å². The molecule has 0 radical (unpaired) electrons. The van der Waals surface area contributed by atoms with Gasteiger partial charge in [0.15, 0.2) is 5.82 Å². The number of anilines is 1. The second kappa shape index (κ2) is 5.27. The van der Waals surface area contributed by atoms with Crippen LogP contribution in [0, 0.1) is 12.7 Å². The van der Waals surface area contributed by atoms with Crippen molar-refractivity contribution in [1.29, 1.82) is 0 Å². The van der Waals surface area contributed by atoms with E-state index in [-0.39, 0.29) is 5.56 Å². The normalized spacial score (nSPS) is 12.5. The van der Waals surface area contributed by atoms with Crippen LogP contribution in [0.5, 0.6) is 0 Å². The number of aryl methyl sites for hydroxylation is 2. The predicted molar refractivity (Wildman–Crippen MR) is 70.2 cm³/mol. The Kier molecular flexibility index (Phi) is 3.90. The fraction of sp³-hybridized carbons (Fsp3) is 0.250. The minimum absolute atomic E-state index is 0.246. The van der Waals surface area contributed by atoms with Gasteiger partial charge in [0.25, 0.3) is 10.0 Å². The number of hydrogen-bond acceptors (Lipinski definition) is 3. The van der Waals surface area contributed by atoms with Crippen molar-refractivity contribution in [2.45, 2.75) is 18.0 Å². The van der Waals surface area contributed by atoms with Crippen LogP contribution in [0.1, 0.15) is 11.3 Å². The van der Waals surface area contributed by atoms with Crippen LogP contribution in [0.25, 0.3) is 0 Å². The van der Waals surface area contributed by atoms with Gasteiger partial charge in [-0.3, -0.25) is 9.40 Å².